The molecule has 1 atom stereocenters. The van der Waals surface area contributed by atoms with Gasteiger partial charge >= 0.3 is 5.97 Å². The molecule has 12 heteroatoms. The maximum absolute atomic E-state index is 11.1. The molecule has 0 amide bonds. The highest BCUT2D eigenvalue weighted by atomic mass is 35.5. The number of rotatable bonds is 8. The van der Waals surface area contributed by atoms with Crippen molar-refractivity contribution >= 4 is 40.8 Å². The summed E-state index contributed by atoms with van der Waals surface area (Å²) in [6.07, 6.45) is 5.97. The predicted molar refractivity (Wildman–Crippen MR) is 139 cm³/mol. The minimum atomic E-state index is -0.965. The minimum absolute atomic E-state index is 0.214. The summed E-state index contributed by atoms with van der Waals surface area (Å²) in [4.78, 5) is 27.0. The van der Waals surface area contributed by atoms with Gasteiger partial charge in [0.25, 0.3) is 0 Å². The van der Waals surface area contributed by atoms with Gasteiger partial charge in [0.1, 0.15) is 24.5 Å². The van der Waals surface area contributed by atoms with Crippen LogP contribution in [0.25, 0.3) is 11.1 Å². The molecule has 2 saturated heterocycles. The first-order valence-corrected chi connectivity index (χ1v) is 12.7. The Morgan fingerprint density at radius 1 is 1.08 bits per heavy atom. The number of nitrogens with zero attached hydrogens (tertiary/aromatic N) is 7. The van der Waals surface area contributed by atoms with Gasteiger partial charge in [-0.3, -0.25) is 14.4 Å². The number of aliphatic carboxylic acids is 1. The molecule has 4 heterocycles. The lowest BCUT2D eigenvalue weighted by Crippen LogP contribution is -2.51. The van der Waals surface area contributed by atoms with E-state index in [1.165, 1.54) is 23.0 Å². The number of benzene rings is 1. The van der Waals surface area contributed by atoms with Crippen molar-refractivity contribution in [2.75, 3.05) is 56.4 Å². The van der Waals surface area contributed by atoms with Crippen LogP contribution in [-0.4, -0.2) is 86.4 Å². The van der Waals surface area contributed by atoms with Gasteiger partial charge in [0.05, 0.1) is 21.8 Å². The lowest BCUT2D eigenvalue weighted by molar-refractivity contribution is -0.137. The van der Waals surface area contributed by atoms with Crippen molar-refractivity contribution in [1.82, 2.24) is 29.5 Å². The molecule has 1 aromatic carbocycles. The molecule has 190 valence electrons. The third kappa shape index (κ3) is 5.27. The highest BCUT2D eigenvalue weighted by Crippen LogP contribution is 2.35. The topological polar surface area (TPSA) is 117 Å². The summed E-state index contributed by atoms with van der Waals surface area (Å²) in [7, 11) is 0. The molecule has 2 aromatic heterocycles. The lowest BCUT2D eigenvalue weighted by Gasteiger charge is -2.43. The first kappa shape index (κ1) is 24.8. The molecule has 36 heavy (non-hydrogen) atoms. The first-order valence-electron chi connectivity index (χ1n) is 11.9. The van der Waals surface area contributed by atoms with Crippen molar-refractivity contribution < 1.29 is 9.90 Å². The zero-order chi connectivity index (χ0) is 25.2. The normalized spacial score (nSPS) is 17.7. The molecule has 0 aliphatic carbocycles. The summed E-state index contributed by atoms with van der Waals surface area (Å²) in [5, 5.41) is 14.4. The van der Waals surface area contributed by atoms with Crippen molar-refractivity contribution in [1.29, 1.82) is 0 Å². The van der Waals surface area contributed by atoms with Gasteiger partial charge in [-0.05, 0) is 37.2 Å². The molecule has 10 nitrogen and oxygen atoms in total. The minimum Gasteiger partial charge on any atom is -0.480 e. The molecule has 0 radical (unpaired) electrons. The van der Waals surface area contributed by atoms with Crippen molar-refractivity contribution in [3.63, 3.8) is 0 Å². The number of piperazine rings is 1. The molecule has 3 N–H and O–H groups in total. The largest absolute Gasteiger partial charge is 0.480 e. The second kappa shape index (κ2) is 10.6. The SMILES string of the molecule is Nc1ncnc(N2CCN(C(CN3CCC3)c3ccc(Cl)c(Cl)c3)CC2)c1-c1cnn(CC(=O)O)c1. The highest BCUT2D eigenvalue weighted by Gasteiger charge is 2.30. The summed E-state index contributed by atoms with van der Waals surface area (Å²) in [5.74, 6) is 0.0997. The number of aromatic nitrogens is 4. The van der Waals surface area contributed by atoms with E-state index in [4.69, 9.17) is 34.0 Å². The van der Waals surface area contributed by atoms with Crippen LogP contribution in [-0.2, 0) is 11.3 Å². The lowest BCUT2D eigenvalue weighted by atomic mass is 10.0. The number of halogens is 2. The number of likely N-dealkylation sites (tertiary alicyclic amines) is 1. The number of hydrogen-bond acceptors (Lipinski definition) is 8. The van der Waals surface area contributed by atoms with Crippen molar-refractivity contribution in [3.8, 4) is 11.1 Å². The van der Waals surface area contributed by atoms with E-state index < -0.39 is 5.97 Å². The van der Waals surface area contributed by atoms with Gasteiger partial charge in [-0.2, -0.15) is 5.10 Å². The Kier molecular flexibility index (Phi) is 7.29. The van der Waals surface area contributed by atoms with Gasteiger partial charge < -0.3 is 20.6 Å². The first-order chi connectivity index (χ1) is 17.4. The number of nitrogens with two attached hydrogens (primary N) is 1. The van der Waals surface area contributed by atoms with Gasteiger partial charge in [0.15, 0.2) is 0 Å². The van der Waals surface area contributed by atoms with Crippen molar-refractivity contribution in [2.45, 2.75) is 19.0 Å². The van der Waals surface area contributed by atoms with E-state index in [1.54, 1.807) is 12.4 Å². The van der Waals surface area contributed by atoms with Crippen molar-refractivity contribution in [2.24, 2.45) is 0 Å². The highest BCUT2D eigenvalue weighted by molar-refractivity contribution is 6.42. The molecule has 3 aromatic rings. The second-order valence-corrected chi connectivity index (χ2v) is 9.96. The molecule has 5 rings (SSSR count). The van der Waals surface area contributed by atoms with E-state index in [1.807, 2.05) is 12.1 Å². The van der Waals surface area contributed by atoms with Crippen LogP contribution in [0.15, 0.2) is 36.9 Å². The Labute approximate surface area is 219 Å². The maximum atomic E-state index is 11.1. The van der Waals surface area contributed by atoms with Crippen LogP contribution in [0.3, 0.4) is 0 Å². The number of hydrogen-bond donors (Lipinski definition) is 2. The number of carboxylic acids is 1. The summed E-state index contributed by atoms with van der Waals surface area (Å²) in [5.41, 5.74) is 8.79. The fourth-order valence-electron chi connectivity index (χ4n) is 4.83. The standard InChI is InChI=1S/C24H28Cl2N8O2/c25-18-3-2-16(10-19(18)26)20(13-31-4-1-5-31)32-6-8-33(9-7-32)24-22(23(27)28-15-29-24)17-11-30-34(12-17)14-21(35)36/h2-3,10-12,15,20H,1,4-9,13-14H2,(H,35,36)(H2,27,28,29). The zero-order valence-corrected chi connectivity index (χ0v) is 21.2. The average Bonchev–Trinajstić information content (AvgIpc) is 3.27. The maximum Gasteiger partial charge on any atom is 0.325 e. The number of anilines is 2. The van der Waals surface area contributed by atoms with E-state index >= 15 is 0 Å². The van der Waals surface area contributed by atoms with Crippen LogP contribution in [0.1, 0.15) is 18.0 Å². The Morgan fingerprint density at radius 2 is 1.86 bits per heavy atom. The number of nitrogen functional groups attached to an aromatic ring is 1. The fraction of sp³-hybridized carbons (Fsp3) is 0.417. The molecular formula is C24H28Cl2N8O2. The summed E-state index contributed by atoms with van der Waals surface area (Å²) < 4.78 is 1.36. The molecular weight excluding hydrogens is 503 g/mol. The van der Waals surface area contributed by atoms with Gasteiger partial charge in [0.2, 0.25) is 0 Å². The number of carboxylic acid groups (broad SMARTS) is 1. The second-order valence-electron chi connectivity index (χ2n) is 9.14. The Bertz CT molecular complexity index is 1240. The van der Waals surface area contributed by atoms with Gasteiger partial charge in [-0.1, -0.05) is 29.3 Å². The Balaban J connectivity index is 1.35. The van der Waals surface area contributed by atoms with Crippen LogP contribution in [0.4, 0.5) is 11.6 Å². The van der Waals surface area contributed by atoms with Crippen LogP contribution in [0.5, 0.6) is 0 Å². The van der Waals surface area contributed by atoms with Crippen molar-refractivity contribution in [3.05, 3.63) is 52.5 Å². The average molecular weight is 531 g/mol. The van der Waals surface area contributed by atoms with E-state index in [0.29, 0.717) is 27.0 Å². The zero-order valence-electron chi connectivity index (χ0n) is 19.7. The third-order valence-corrected chi connectivity index (χ3v) is 7.58. The van der Waals surface area contributed by atoms with Gasteiger partial charge in [-0.25, -0.2) is 9.97 Å². The van der Waals surface area contributed by atoms with Gasteiger partial charge in [0, 0.05) is 50.5 Å². The Hall–Kier alpha value is -2.92. The monoisotopic (exact) mass is 530 g/mol. The van der Waals surface area contributed by atoms with E-state index in [2.05, 4.69) is 35.8 Å². The molecule has 2 aliphatic heterocycles. The van der Waals surface area contributed by atoms with Crippen LogP contribution in [0.2, 0.25) is 10.0 Å². The smallest absolute Gasteiger partial charge is 0.325 e. The predicted octanol–water partition coefficient (Wildman–Crippen LogP) is 2.88. The summed E-state index contributed by atoms with van der Waals surface area (Å²) >= 11 is 12.6. The molecule has 2 fully saturated rings. The third-order valence-electron chi connectivity index (χ3n) is 6.84. The van der Waals surface area contributed by atoms with Gasteiger partial charge in [-0.15, -0.1) is 0 Å². The van der Waals surface area contributed by atoms with E-state index in [0.717, 1.165) is 51.6 Å². The van der Waals surface area contributed by atoms with E-state index in [-0.39, 0.29) is 12.6 Å². The summed E-state index contributed by atoms with van der Waals surface area (Å²) in [6, 6.07) is 6.15. The number of carbonyl (C=O) groups is 1. The molecule has 2 aliphatic rings. The molecule has 0 bridgehead atoms. The van der Waals surface area contributed by atoms with Crippen LogP contribution < -0.4 is 10.6 Å². The Morgan fingerprint density at radius 3 is 2.53 bits per heavy atom. The fourth-order valence-corrected chi connectivity index (χ4v) is 5.14. The van der Waals surface area contributed by atoms with Crippen LogP contribution in [0, 0.1) is 0 Å². The molecule has 0 saturated carbocycles. The molecule has 0 spiro atoms. The summed E-state index contributed by atoms with van der Waals surface area (Å²) in [6.45, 7) is 6.14. The molecule has 1 unspecified atom stereocenters. The van der Waals surface area contributed by atoms with E-state index in [9.17, 15) is 4.79 Å². The van der Waals surface area contributed by atoms with Crippen LogP contribution >= 0.6 is 23.2 Å². The quantitative estimate of drug-likeness (QED) is 0.453.